The van der Waals surface area contributed by atoms with Crippen LogP contribution in [-0.4, -0.2) is 24.7 Å². The summed E-state index contributed by atoms with van der Waals surface area (Å²) in [5.41, 5.74) is 0.276. The average Bonchev–Trinajstić information content (AvgIpc) is 2.28. The molecule has 0 aliphatic carbocycles. The molecule has 6 nitrogen and oxygen atoms in total. The number of sulfonamides is 1. The van der Waals surface area contributed by atoms with Gasteiger partial charge in [-0.3, -0.25) is 4.72 Å². The van der Waals surface area contributed by atoms with Crippen molar-refractivity contribution in [1.29, 1.82) is 5.26 Å². The first-order chi connectivity index (χ1) is 7.86. The van der Waals surface area contributed by atoms with Gasteiger partial charge in [-0.25, -0.2) is 13.2 Å². The highest BCUT2D eigenvalue weighted by molar-refractivity contribution is 7.93. The second-order valence-corrected chi connectivity index (χ2v) is 5.30. The zero-order valence-corrected chi connectivity index (χ0v) is 9.73. The fraction of sp³-hybridized carbons (Fsp3) is 0.200. The van der Waals surface area contributed by atoms with E-state index in [1.807, 2.05) is 0 Å². The third-order valence-electron chi connectivity index (χ3n) is 2.04. The van der Waals surface area contributed by atoms with Gasteiger partial charge in [0.1, 0.15) is 0 Å². The first-order valence-electron chi connectivity index (χ1n) is 4.61. The molecule has 0 saturated carbocycles. The van der Waals surface area contributed by atoms with Crippen LogP contribution in [0.15, 0.2) is 24.3 Å². The molecule has 0 aliphatic heterocycles. The molecule has 1 unspecified atom stereocenters. The van der Waals surface area contributed by atoms with Crippen LogP contribution in [0.5, 0.6) is 0 Å². The zero-order valence-electron chi connectivity index (χ0n) is 8.91. The molecule has 1 rings (SSSR count). The molecular weight excluding hydrogens is 244 g/mol. The van der Waals surface area contributed by atoms with Crippen LogP contribution in [0.4, 0.5) is 5.69 Å². The third-order valence-corrected chi connectivity index (χ3v) is 3.60. The van der Waals surface area contributed by atoms with Gasteiger partial charge in [-0.05, 0) is 31.2 Å². The topological polar surface area (TPSA) is 107 Å². The number of carboxylic acids is 1. The molecule has 0 radical (unpaired) electrons. The molecule has 1 aromatic carbocycles. The minimum Gasteiger partial charge on any atom is -0.478 e. The van der Waals surface area contributed by atoms with Crippen molar-refractivity contribution in [2.75, 3.05) is 4.72 Å². The Morgan fingerprint density at radius 1 is 1.41 bits per heavy atom. The average molecular weight is 254 g/mol. The second kappa shape index (κ2) is 4.84. The Labute approximate surface area is 98.6 Å². The van der Waals surface area contributed by atoms with Crippen molar-refractivity contribution in [3.05, 3.63) is 29.8 Å². The number of nitrogens with zero attached hydrogens (tertiary/aromatic N) is 1. The fourth-order valence-corrected chi connectivity index (χ4v) is 1.78. The molecular formula is C10H10N2O4S. The zero-order chi connectivity index (χ0) is 13.1. The molecule has 0 aromatic heterocycles. The summed E-state index contributed by atoms with van der Waals surface area (Å²) < 4.78 is 25.2. The monoisotopic (exact) mass is 254 g/mol. The largest absolute Gasteiger partial charge is 0.478 e. The summed E-state index contributed by atoms with van der Waals surface area (Å²) in [7, 11) is -3.76. The lowest BCUT2D eigenvalue weighted by molar-refractivity contribution is 0.0697. The van der Waals surface area contributed by atoms with Gasteiger partial charge >= 0.3 is 5.97 Å². The van der Waals surface area contributed by atoms with Gasteiger partial charge in [-0.1, -0.05) is 0 Å². The molecule has 0 fully saturated rings. The predicted molar refractivity (Wildman–Crippen MR) is 61.0 cm³/mol. The fourth-order valence-electron chi connectivity index (χ4n) is 1.00. The summed E-state index contributed by atoms with van der Waals surface area (Å²) in [6, 6.07) is 6.81. The van der Waals surface area contributed by atoms with E-state index in [1.165, 1.54) is 31.2 Å². The molecule has 0 spiro atoms. The Morgan fingerprint density at radius 2 is 1.94 bits per heavy atom. The molecule has 17 heavy (non-hydrogen) atoms. The highest BCUT2D eigenvalue weighted by Gasteiger charge is 2.19. The maximum absolute atomic E-state index is 11.5. The lowest BCUT2D eigenvalue weighted by Crippen LogP contribution is -2.23. The maximum Gasteiger partial charge on any atom is 0.335 e. The van der Waals surface area contributed by atoms with Gasteiger partial charge < -0.3 is 5.11 Å². The van der Waals surface area contributed by atoms with Gasteiger partial charge in [0.25, 0.3) is 0 Å². The van der Waals surface area contributed by atoms with Crippen molar-refractivity contribution in [1.82, 2.24) is 0 Å². The van der Waals surface area contributed by atoms with Crippen LogP contribution in [0.3, 0.4) is 0 Å². The van der Waals surface area contributed by atoms with Crippen molar-refractivity contribution in [3.8, 4) is 6.07 Å². The summed E-state index contributed by atoms with van der Waals surface area (Å²) in [5.74, 6) is -1.09. The van der Waals surface area contributed by atoms with Crippen LogP contribution in [0, 0.1) is 11.3 Å². The molecule has 2 N–H and O–H groups in total. The first-order valence-corrected chi connectivity index (χ1v) is 6.16. The van der Waals surface area contributed by atoms with Crippen LogP contribution in [0.2, 0.25) is 0 Å². The molecule has 1 atom stereocenters. The molecule has 0 saturated heterocycles. The third kappa shape index (κ3) is 3.19. The molecule has 0 bridgehead atoms. The van der Waals surface area contributed by atoms with Crippen LogP contribution in [-0.2, 0) is 10.0 Å². The maximum atomic E-state index is 11.5. The van der Waals surface area contributed by atoms with Crippen LogP contribution >= 0.6 is 0 Å². The Hall–Kier alpha value is -2.07. The van der Waals surface area contributed by atoms with E-state index in [0.717, 1.165) is 0 Å². The molecule has 1 aromatic rings. The minimum absolute atomic E-state index is 0.0567. The van der Waals surface area contributed by atoms with Gasteiger partial charge in [0.05, 0.1) is 11.6 Å². The van der Waals surface area contributed by atoms with Crippen LogP contribution < -0.4 is 4.72 Å². The summed E-state index contributed by atoms with van der Waals surface area (Å²) in [5, 5.41) is 16.0. The van der Waals surface area contributed by atoms with Crippen molar-refractivity contribution >= 4 is 21.7 Å². The number of rotatable bonds is 4. The lowest BCUT2D eigenvalue weighted by atomic mass is 10.2. The van der Waals surface area contributed by atoms with Crippen molar-refractivity contribution in [3.63, 3.8) is 0 Å². The van der Waals surface area contributed by atoms with E-state index in [4.69, 9.17) is 10.4 Å². The standard InChI is InChI=1S/C10H10N2O4S/c1-7(6-11)17(15,16)12-9-4-2-8(3-5-9)10(13)14/h2-5,7,12H,1H3,(H,13,14). The second-order valence-electron chi connectivity index (χ2n) is 3.30. The quantitative estimate of drug-likeness (QED) is 0.834. The van der Waals surface area contributed by atoms with Crippen LogP contribution in [0.1, 0.15) is 17.3 Å². The van der Waals surface area contributed by atoms with Crippen molar-refractivity contribution < 1.29 is 18.3 Å². The first kappa shape index (κ1) is 13.0. The number of anilines is 1. The van der Waals surface area contributed by atoms with Crippen molar-refractivity contribution in [2.24, 2.45) is 0 Å². The van der Waals surface area contributed by atoms with E-state index in [9.17, 15) is 13.2 Å². The number of carbonyl (C=O) groups is 1. The molecule has 7 heteroatoms. The Bertz CT molecular complexity index is 557. The Kier molecular flexibility index (Phi) is 3.70. The molecule has 0 heterocycles. The lowest BCUT2D eigenvalue weighted by Gasteiger charge is -2.09. The summed E-state index contributed by atoms with van der Waals surface area (Å²) in [6.07, 6.45) is 0. The number of benzene rings is 1. The Morgan fingerprint density at radius 3 is 2.35 bits per heavy atom. The number of carboxylic acid groups (broad SMARTS) is 1. The Balaban J connectivity index is 2.91. The number of nitrogens with one attached hydrogen (secondary N) is 1. The van der Waals surface area contributed by atoms with Gasteiger partial charge in [-0.15, -0.1) is 0 Å². The number of aromatic carboxylic acids is 1. The predicted octanol–water partition coefficient (Wildman–Crippen LogP) is 1.04. The normalized spacial score (nSPS) is 12.5. The molecule has 0 aliphatic rings. The van der Waals surface area contributed by atoms with Gasteiger partial charge in [0, 0.05) is 5.69 Å². The number of nitriles is 1. The minimum atomic E-state index is -3.76. The summed E-state index contributed by atoms with van der Waals surface area (Å²) in [4.78, 5) is 10.6. The summed E-state index contributed by atoms with van der Waals surface area (Å²) in [6.45, 7) is 1.26. The summed E-state index contributed by atoms with van der Waals surface area (Å²) >= 11 is 0. The van der Waals surface area contributed by atoms with Gasteiger partial charge in [0.2, 0.25) is 10.0 Å². The van der Waals surface area contributed by atoms with E-state index >= 15 is 0 Å². The van der Waals surface area contributed by atoms with E-state index in [2.05, 4.69) is 4.72 Å². The van der Waals surface area contributed by atoms with Gasteiger partial charge in [0.15, 0.2) is 5.25 Å². The van der Waals surface area contributed by atoms with Gasteiger partial charge in [-0.2, -0.15) is 5.26 Å². The molecule has 0 amide bonds. The van der Waals surface area contributed by atoms with E-state index in [1.54, 1.807) is 6.07 Å². The van der Waals surface area contributed by atoms with Crippen LogP contribution in [0.25, 0.3) is 0 Å². The number of hydrogen-bond donors (Lipinski definition) is 2. The highest BCUT2D eigenvalue weighted by atomic mass is 32.2. The van der Waals surface area contributed by atoms with E-state index < -0.39 is 21.2 Å². The molecule has 90 valence electrons. The van der Waals surface area contributed by atoms with E-state index in [-0.39, 0.29) is 11.3 Å². The highest BCUT2D eigenvalue weighted by Crippen LogP contribution is 2.13. The SMILES string of the molecule is CC(C#N)S(=O)(=O)Nc1ccc(C(=O)O)cc1. The van der Waals surface area contributed by atoms with Crippen molar-refractivity contribution in [2.45, 2.75) is 12.2 Å². The number of hydrogen-bond acceptors (Lipinski definition) is 4. The van der Waals surface area contributed by atoms with E-state index in [0.29, 0.717) is 0 Å². The smallest absolute Gasteiger partial charge is 0.335 e.